The summed E-state index contributed by atoms with van der Waals surface area (Å²) in [6.07, 6.45) is 3.17. The number of imidazole rings is 1. The van der Waals surface area contributed by atoms with E-state index in [1.165, 1.54) is 6.08 Å². The second-order valence-electron chi connectivity index (χ2n) is 5.52. The molecule has 0 aliphatic carbocycles. The molecule has 0 fully saturated rings. The summed E-state index contributed by atoms with van der Waals surface area (Å²) >= 11 is 0. The molecule has 1 atom stereocenters. The molecule has 1 heterocycles. The van der Waals surface area contributed by atoms with E-state index in [9.17, 15) is 4.79 Å². The van der Waals surface area contributed by atoms with Gasteiger partial charge >= 0.3 is 0 Å². The van der Waals surface area contributed by atoms with Crippen LogP contribution in [0.1, 0.15) is 18.5 Å². The number of carbonyl (C=O) groups excluding carboxylic acids is 1. The van der Waals surface area contributed by atoms with Crippen LogP contribution in [0, 0.1) is 0 Å². The van der Waals surface area contributed by atoms with Gasteiger partial charge in [-0.25, -0.2) is 4.98 Å². The molecule has 1 unspecified atom stereocenters. The Morgan fingerprint density at radius 2 is 1.91 bits per heavy atom. The molecular weight excluding hydrogens is 286 g/mol. The maximum absolute atomic E-state index is 11.7. The number of para-hydroxylation sites is 2. The molecule has 0 saturated carbocycles. The zero-order valence-corrected chi connectivity index (χ0v) is 13.3. The molecule has 0 aliphatic heterocycles. The van der Waals surface area contributed by atoms with E-state index in [-0.39, 0.29) is 11.9 Å². The van der Waals surface area contributed by atoms with Gasteiger partial charge in [0.1, 0.15) is 6.33 Å². The van der Waals surface area contributed by atoms with Gasteiger partial charge < -0.3 is 4.90 Å². The molecular formula is C19H19N3O. The molecule has 4 heteroatoms. The summed E-state index contributed by atoms with van der Waals surface area (Å²) in [6.45, 7) is 5.54. The summed E-state index contributed by atoms with van der Waals surface area (Å²) in [7, 11) is 1.78. The van der Waals surface area contributed by atoms with E-state index < -0.39 is 0 Å². The van der Waals surface area contributed by atoms with Crippen molar-refractivity contribution < 1.29 is 4.79 Å². The van der Waals surface area contributed by atoms with Crippen molar-refractivity contribution in [1.82, 2.24) is 14.5 Å². The Labute approximate surface area is 135 Å². The molecule has 23 heavy (non-hydrogen) atoms. The first-order valence-electron chi connectivity index (χ1n) is 7.53. The molecule has 0 bridgehead atoms. The standard InChI is InChI=1S/C19H19N3O/c1-4-19(23)21(3)14(2)15-9-11-16(12-10-15)22-13-20-17-7-5-6-8-18(17)22/h4-14H,1H2,2-3H3. The largest absolute Gasteiger partial charge is 0.335 e. The Hall–Kier alpha value is -2.88. The minimum absolute atomic E-state index is 0.00548. The zero-order valence-electron chi connectivity index (χ0n) is 13.3. The molecule has 116 valence electrons. The van der Waals surface area contributed by atoms with E-state index in [4.69, 9.17) is 0 Å². The van der Waals surface area contributed by atoms with E-state index in [0.29, 0.717) is 0 Å². The Kier molecular flexibility index (Phi) is 3.98. The first-order valence-corrected chi connectivity index (χ1v) is 7.53. The van der Waals surface area contributed by atoms with Gasteiger partial charge in [-0.2, -0.15) is 0 Å². The predicted octanol–water partition coefficient (Wildman–Crippen LogP) is 3.73. The van der Waals surface area contributed by atoms with Crippen LogP contribution in [0.4, 0.5) is 0 Å². The number of aromatic nitrogens is 2. The number of carbonyl (C=O) groups is 1. The minimum atomic E-state index is -0.0813. The average molecular weight is 305 g/mol. The summed E-state index contributed by atoms with van der Waals surface area (Å²) in [5.41, 5.74) is 4.18. The number of benzene rings is 2. The number of fused-ring (bicyclic) bond motifs is 1. The van der Waals surface area contributed by atoms with Crippen LogP contribution in [0.2, 0.25) is 0 Å². The zero-order chi connectivity index (χ0) is 16.4. The van der Waals surface area contributed by atoms with Crippen molar-refractivity contribution >= 4 is 16.9 Å². The lowest BCUT2D eigenvalue weighted by molar-refractivity contribution is -0.126. The Bertz CT molecular complexity index is 848. The normalized spacial score (nSPS) is 12.1. The van der Waals surface area contributed by atoms with Crippen LogP contribution < -0.4 is 0 Å². The van der Waals surface area contributed by atoms with E-state index in [1.54, 1.807) is 11.9 Å². The maximum atomic E-state index is 11.7. The summed E-state index contributed by atoms with van der Waals surface area (Å²) in [6, 6.07) is 16.2. The fourth-order valence-electron chi connectivity index (χ4n) is 2.64. The Morgan fingerprint density at radius 3 is 2.61 bits per heavy atom. The molecule has 3 rings (SSSR count). The number of hydrogen-bond donors (Lipinski definition) is 0. The highest BCUT2D eigenvalue weighted by molar-refractivity contribution is 5.87. The maximum Gasteiger partial charge on any atom is 0.246 e. The van der Waals surface area contributed by atoms with E-state index in [0.717, 1.165) is 22.3 Å². The lowest BCUT2D eigenvalue weighted by atomic mass is 10.1. The molecule has 2 aromatic carbocycles. The van der Waals surface area contributed by atoms with Crippen molar-refractivity contribution in [2.24, 2.45) is 0 Å². The van der Waals surface area contributed by atoms with Crippen LogP contribution >= 0.6 is 0 Å². The first kappa shape index (κ1) is 15.0. The summed E-state index contributed by atoms with van der Waals surface area (Å²) in [5.74, 6) is -0.0813. The van der Waals surface area contributed by atoms with Gasteiger partial charge in [-0.15, -0.1) is 0 Å². The lowest BCUT2D eigenvalue weighted by Gasteiger charge is -2.24. The van der Waals surface area contributed by atoms with Crippen molar-refractivity contribution in [3.8, 4) is 5.69 Å². The van der Waals surface area contributed by atoms with E-state index >= 15 is 0 Å². The summed E-state index contributed by atoms with van der Waals surface area (Å²) in [4.78, 5) is 17.8. The smallest absolute Gasteiger partial charge is 0.246 e. The van der Waals surface area contributed by atoms with Gasteiger partial charge in [0.25, 0.3) is 0 Å². The summed E-state index contributed by atoms with van der Waals surface area (Å²) in [5, 5.41) is 0. The van der Waals surface area contributed by atoms with Crippen molar-refractivity contribution in [2.75, 3.05) is 7.05 Å². The van der Waals surface area contributed by atoms with Crippen LogP contribution in [-0.4, -0.2) is 27.4 Å². The molecule has 0 aliphatic rings. The van der Waals surface area contributed by atoms with Crippen molar-refractivity contribution in [2.45, 2.75) is 13.0 Å². The third-order valence-corrected chi connectivity index (χ3v) is 4.21. The van der Waals surface area contributed by atoms with E-state index in [1.807, 2.05) is 55.7 Å². The minimum Gasteiger partial charge on any atom is -0.335 e. The van der Waals surface area contributed by atoms with Crippen molar-refractivity contribution in [1.29, 1.82) is 0 Å². The number of likely N-dealkylation sites (N-methyl/N-ethyl adjacent to an activating group) is 1. The highest BCUT2D eigenvalue weighted by atomic mass is 16.2. The van der Waals surface area contributed by atoms with Gasteiger partial charge in [0, 0.05) is 12.7 Å². The van der Waals surface area contributed by atoms with Crippen LogP contribution in [0.5, 0.6) is 0 Å². The fraction of sp³-hybridized carbons (Fsp3) is 0.158. The number of nitrogens with zero attached hydrogens (tertiary/aromatic N) is 3. The van der Waals surface area contributed by atoms with Gasteiger partial charge in [-0.1, -0.05) is 30.8 Å². The Morgan fingerprint density at radius 1 is 1.22 bits per heavy atom. The summed E-state index contributed by atoms with van der Waals surface area (Å²) < 4.78 is 2.06. The Balaban J connectivity index is 1.90. The molecule has 1 amide bonds. The van der Waals surface area contributed by atoms with Gasteiger partial charge in [-0.3, -0.25) is 9.36 Å². The van der Waals surface area contributed by atoms with Gasteiger partial charge in [0.2, 0.25) is 5.91 Å². The highest BCUT2D eigenvalue weighted by Crippen LogP contribution is 2.22. The molecule has 0 N–H and O–H groups in total. The van der Waals surface area contributed by atoms with Gasteiger partial charge in [0.15, 0.2) is 0 Å². The van der Waals surface area contributed by atoms with Crippen molar-refractivity contribution in [3.63, 3.8) is 0 Å². The number of hydrogen-bond acceptors (Lipinski definition) is 2. The average Bonchev–Trinajstić information content (AvgIpc) is 3.04. The quantitative estimate of drug-likeness (QED) is 0.689. The van der Waals surface area contributed by atoms with Gasteiger partial charge in [0.05, 0.1) is 17.1 Å². The predicted molar refractivity (Wildman–Crippen MR) is 92.5 cm³/mol. The number of rotatable bonds is 4. The third-order valence-electron chi connectivity index (χ3n) is 4.21. The second-order valence-corrected chi connectivity index (χ2v) is 5.52. The third kappa shape index (κ3) is 2.75. The highest BCUT2D eigenvalue weighted by Gasteiger charge is 2.15. The molecule has 3 aromatic rings. The molecule has 0 radical (unpaired) electrons. The van der Waals surface area contributed by atoms with Crippen LogP contribution in [0.3, 0.4) is 0 Å². The van der Waals surface area contributed by atoms with Crippen LogP contribution in [0.15, 0.2) is 67.5 Å². The van der Waals surface area contributed by atoms with Crippen molar-refractivity contribution in [3.05, 3.63) is 73.1 Å². The fourth-order valence-corrected chi connectivity index (χ4v) is 2.64. The SMILES string of the molecule is C=CC(=O)N(C)C(C)c1ccc(-n2cnc3ccccc32)cc1. The molecule has 1 aromatic heterocycles. The molecule has 0 spiro atoms. The lowest BCUT2D eigenvalue weighted by Crippen LogP contribution is -2.27. The van der Waals surface area contributed by atoms with Gasteiger partial charge in [-0.05, 0) is 42.8 Å². The number of amides is 1. The topological polar surface area (TPSA) is 38.1 Å². The monoisotopic (exact) mass is 305 g/mol. The van der Waals surface area contributed by atoms with E-state index in [2.05, 4.69) is 22.2 Å². The second kappa shape index (κ2) is 6.08. The van der Waals surface area contributed by atoms with Crippen LogP contribution in [-0.2, 0) is 4.79 Å². The first-order chi connectivity index (χ1) is 11.1. The molecule has 0 saturated heterocycles. The molecule has 4 nitrogen and oxygen atoms in total. The van der Waals surface area contributed by atoms with Crippen LogP contribution in [0.25, 0.3) is 16.7 Å².